The molecule has 17 heavy (non-hydrogen) atoms. The molecule has 1 aromatic heterocycles. The molecule has 1 atom stereocenters. The minimum atomic E-state index is 0.302. The van der Waals surface area contributed by atoms with Gasteiger partial charge >= 0.3 is 0 Å². The zero-order chi connectivity index (χ0) is 11.9. The number of ether oxygens (including phenoxy) is 1. The van der Waals surface area contributed by atoms with E-state index in [0.717, 1.165) is 31.4 Å². The number of nitrogens with zero attached hydrogens (tertiary/aromatic N) is 1. The highest BCUT2D eigenvalue weighted by Gasteiger charge is 2.15. The minimum absolute atomic E-state index is 0.302. The molecule has 3 nitrogen and oxygen atoms in total. The first kappa shape index (κ1) is 12.2. The van der Waals surface area contributed by atoms with Crippen LogP contribution >= 0.6 is 0 Å². The Kier molecular flexibility index (Phi) is 4.68. The van der Waals surface area contributed by atoms with Gasteiger partial charge in [-0.25, -0.2) is 0 Å². The maximum Gasteiger partial charge on any atom is 0.137 e. The van der Waals surface area contributed by atoms with Crippen molar-refractivity contribution in [3.8, 4) is 0 Å². The molecule has 1 unspecified atom stereocenters. The molecule has 2 rings (SSSR count). The van der Waals surface area contributed by atoms with E-state index in [1.165, 1.54) is 6.42 Å². The SMILES string of the molecule is O=C(CCCC1CCCO1)Cc1cccnc1. The number of rotatable bonds is 6. The molecule has 2 heterocycles. The number of hydrogen-bond donors (Lipinski definition) is 0. The Morgan fingerprint density at radius 3 is 3.18 bits per heavy atom. The van der Waals surface area contributed by atoms with Gasteiger partial charge in [0.1, 0.15) is 5.78 Å². The van der Waals surface area contributed by atoms with Gasteiger partial charge in [-0.2, -0.15) is 0 Å². The van der Waals surface area contributed by atoms with Crippen LogP contribution in [-0.4, -0.2) is 23.5 Å². The van der Waals surface area contributed by atoms with Gasteiger partial charge < -0.3 is 4.74 Å². The molecule has 1 fully saturated rings. The van der Waals surface area contributed by atoms with Crippen molar-refractivity contribution in [3.05, 3.63) is 30.1 Å². The molecule has 92 valence electrons. The summed E-state index contributed by atoms with van der Waals surface area (Å²) >= 11 is 0. The van der Waals surface area contributed by atoms with E-state index in [1.54, 1.807) is 12.4 Å². The second kappa shape index (κ2) is 6.50. The summed E-state index contributed by atoms with van der Waals surface area (Å²) in [6.07, 6.45) is 9.38. The summed E-state index contributed by atoms with van der Waals surface area (Å²) in [5.74, 6) is 0.302. The van der Waals surface area contributed by atoms with Crippen molar-refractivity contribution < 1.29 is 9.53 Å². The molecule has 3 heteroatoms. The van der Waals surface area contributed by atoms with Gasteiger partial charge in [-0.15, -0.1) is 0 Å². The summed E-state index contributed by atoms with van der Waals surface area (Å²) in [5.41, 5.74) is 1.01. The van der Waals surface area contributed by atoms with E-state index in [-0.39, 0.29) is 0 Å². The summed E-state index contributed by atoms with van der Waals surface area (Å²) in [4.78, 5) is 15.7. The molecule has 0 radical (unpaired) electrons. The van der Waals surface area contributed by atoms with Crippen LogP contribution in [0.3, 0.4) is 0 Å². The van der Waals surface area contributed by atoms with E-state index < -0.39 is 0 Å². The third kappa shape index (κ3) is 4.27. The molecule has 0 spiro atoms. The smallest absolute Gasteiger partial charge is 0.137 e. The minimum Gasteiger partial charge on any atom is -0.378 e. The molecule has 1 saturated heterocycles. The largest absolute Gasteiger partial charge is 0.378 e. The van der Waals surface area contributed by atoms with Crippen molar-refractivity contribution in [2.75, 3.05) is 6.61 Å². The van der Waals surface area contributed by atoms with Crippen LogP contribution in [0, 0.1) is 0 Å². The van der Waals surface area contributed by atoms with E-state index in [4.69, 9.17) is 4.74 Å². The normalized spacial score (nSPS) is 19.4. The van der Waals surface area contributed by atoms with Crippen LogP contribution < -0.4 is 0 Å². The quantitative estimate of drug-likeness (QED) is 0.758. The lowest BCUT2D eigenvalue weighted by Crippen LogP contribution is -2.07. The summed E-state index contributed by atoms with van der Waals surface area (Å²) in [6, 6.07) is 3.82. The van der Waals surface area contributed by atoms with Gasteiger partial charge in [0, 0.05) is 31.8 Å². The molecule has 0 aromatic carbocycles. The Hall–Kier alpha value is -1.22. The Bertz CT molecular complexity index is 344. The lowest BCUT2D eigenvalue weighted by atomic mass is 10.0. The monoisotopic (exact) mass is 233 g/mol. The number of carbonyl (C=O) groups excluding carboxylic acids is 1. The molecular formula is C14H19NO2. The predicted octanol–water partition coefficient (Wildman–Crippen LogP) is 2.54. The van der Waals surface area contributed by atoms with Crippen molar-refractivity contribution in [1.82, 2.24) is 4.98 Å². The van der Waals surface area contributed by atoms with Gasteiger partial charge in [-0.05, 0) is 37.3 Å². The molecule has 1 aliphatic rings. The van der Waals surface area contributed by atoms with Gasteiger partial charge in [-0.3, -0.25) is 9.78 Å². The van der Waals surface area contributed by atoms with Crippen molar-refractivity contribution >= 4 is 5.78 Å². The van der Waals surface area contributed by atoms with Gasteiger partial charge in [-0.1, -0.05) is 6.07 Å². The van der Waals surface area contributed by atoms with Gasteiger partial charge in [0.15, 0.2) is 0 Å². The van der Waals surface area contributed by atoms with Crippen LogP contribution in [0.2, 0.25) is 0 Å². The first-order chi connectivity index (χ1) is 8.34. The lowest BCUT2D eigenvalue weighted by Gasteiger charge is -2.08. The Balaban J connectivity index is 1.64. The number of carbonyl (C=O) groups is 1. The number of Topliss-reactive ketones (excluding diaryl/α,β-unsaturated/α-hetero) is 1. The van der Waals surface area contributed by atoms with Crippen molar-refractivity contribution in [1.29, 1.82) is 0 Å². The summed E-state index contributed by atoms with van der Waals surface area (Å²) < 4.78 is 5.53. The standard InChI is InChI=1S/C14H19NO2/c16-13(10-12-4-2-8-15-11-12)5-1-6-14-7-3-9-17-14/h2,4,8,11,14H,1,3,5-7,9-10H2. The number of pyridine rings is 1. The fourth-order valence-corrected chi connectivity index (χ4v) is 2.22. The molecule has 0 aliphatic carbocycles. The topological polar surface area (TPSA) is 39.2 Å². The zero-order valence-corrected chi connectivity index (χ0v) is 10.1. The molecule has 1 aliphatic heterocycles. The van der Waals surface area contributed by atoms with Gasteiger partial charge in [0.25, 0.3) is 0 Å². The molecule has 1 aromatic rings. The highest BCUT2D eigenvalue weighted by molar-refractivity contribution is 5.80. The molecule has 0 bridgehead atoms. The van der Waals surface area contributed by atoms with E-state index >= 15 is 0 Å². The van der Waals surface area contributed by atoms with Crippen LogP contribution in [-0.2, 0) is 16.0 Å². The summed E-state index contributed by atoms with van der Waals surface area (Å²) in [7, 11) is 0. The van der Waals surface area contributed by atoms with E-state index in [9.17, 15) is 4.79 Å². The molecule has 0 saturated carbocycles. The van der Waals surface area contributed by atoms with E-state index in [2.05, 4.69) is 4.98 Å². The highest BCUT2D eigenvalue weighted by Crippen LogP contribution is 2.17. The summed E-state index contributed by atoms with van der Waals surface area (Å²) in [6.45, 7) is 0.897. The maximum absolute atomic E-state index is 11.7. The first-order valence-electron chi connectivity index (χ1n) is 6.37. The van der Waals surface area contributed by atoms with Crippen LogP contribution in [0.25, 0.3) is 0 Å². The highest BCUT2D eigenvalue weighted by atomic mass is 16.5. The second-order valence-corrected chi connectivity index (χ2v) is 4.60. The third-order valence-corrected chi connectivity index (χ3v) is 3.13. The van der Waals surface area contributed by atoms with Crippen molar-refractivity contribution in [2.45, 2.75) is 44.6 Å². The average molecular weight is 233 g/mol. The van der Waals surface area contributed by atoms with Crippen LogP contribution in [0.1, 0.15) is 37.7 Å². The Labute approximate surface area is 102 Å². The zero-order valence-electron chi connectivity index (χ0n) is 10.1. The van der Waals surface area contributed by atoms with Crippen LogP contribution in [0.5, 0.6) is 0 Å². The Morgan fingerprint density at radius 1 is 1.53 bits per heavy atom. The second-order valence-electron chi connectivity index (χ2n) is 4.60. The van der Waals surface area contributed by atoms with Gasteiger partial charge in [0.05, 0.1) is 6.10 Å². The molecule has 0 amide bonds. The van der Waals surface area contributed by atoms with Crippen LogP contribution in [0.4, 0.5) is 0 Å². The molecule has 0 N–H and O–H groups in total. The lowest BCUT2D eigenvalue weighted by molar-refractivity contribution is -0.118. The Morgan fingerprint density at radius 2 is 2.47 bits per heavy atom. The van der Waals surface area contributed by atoms with Gasteiger partial charge in [0.2, 0.25) is 0 Å². The number of ketones is 1. The predicted molar refractivity (Wildman–Crippen MR) is 65.8 cm³/mol. The van der Waals surface area contributed by atoms with E-state index in [0.29, 0.717) is 24.7 Å². The number of hydrogen-bond acceptors (Lipinski definition) is 3. The molecular weight excluding hydrogens is 214 g/mol. The van der Waals surface area contributed by atoms with E-state index in [1.807, 2.05) is 12.1 Å². The maximum atomic E-state index is 11.7. The fourth-order valence-electron chi connectivity index (χ4n) is 2.22. The third-order valence-electron chi connectivity index (χ3n) is 3.13. The fraction of sp³-hybridized carbons (Fsp3) is 0.571. The van der Waals surface area contributed by atoms with Crippen LogP contribution in [0.15, 0.2) is 24.5 Å². The first-order valence-corrected chi connectivity index (χ1v) is 6.37. The van der Waals surface area contributed by atoms with Crippen molar-refractivity contribution in [3.63, 3.8) is 0 Å². The average Bonchev–Trinajstić information content (AvgIpc) is 2.83. The van der Waals surface area contributed by atoms with Crippen molar-refractivity contribution in [2.24, 2.45) is 0 Å². The summed E-state index contributed by atoms with van der Waals surface area (Å²) in [5, 5.41) is 0. The number of aromatic nitrogens is 1.